The standard InChI is InChI=1S/C22H24ClFN2O2.CH4/c1-22(27,14-4-7-21(28-3)18(24)10-14)13-26-19-6-5-15(23)11-16(19)17-12-25(2)9-8-20(17)26;/h4-7,10-11,27H,8-9,12-13H2,1-3H3;1H4. The Morgan fingerprint density at radius 1 is 1.24 bits per heavy atom. The van der Waals surface area contributed by atoms with E-state index in [1.807, 2.05) is 18.2 Å². The Bertz CT molecular complexity index is 1050. The molecule has 4 nitrogen and oxygen atoms in total. The molecule has 0 fully saturated rings. The van der Waals surface area contributed by atoms with E-state index in [9.17, 15) is 9.50 Å². The zero-order chi connectivity index (χ0) is 20.1. The van der Waals surface area contributed by atoms with E-state index in [0.29, 0.717) is 17.1 Å². The molecule has 0 spiro atoms. The third-order valence-corrected chi connectivity index (χ3v) is 5.88. The summed E-state index contributed by atoms with van der Waals surface area (Å²) in [6.07, 6.45) is 0.894. The fourth-order valence-electron chi connectivity index (χ4n) is 4.14. The number of hydrogen-bond donors (Lipinski definition) is 1. The minimum absolute atomic E-state index is 0. The molecule has 0 radical (unpaired) electrons. The van der Waals surface area contributed by atoms with E-state index in [2.05, 4.69) is 16.5 Å². The number of benzene rings is 2. The van der Waals surface area contributed by atoms with Crippen LogP contribution >= 0.6 is 11.6 Å². The van der Waals surface area contributed by atoms with Gasteiger partial charge in [0.2, 0.25) is 0 Å². The number of aliphatic hydroxyl groups is 1. The van der Waals surface area contributed by atoms with Gasteiger partial charge in [-0.25, -0.2) is 4.39 Å². The maximum Gasteiger partial charge on any atom is 0.165 e. The molecule has 2 aromatic carbocycles. The molecule has 6 heteroatoms. The van der Waals surface area contributed by atoms with Crippen LogP contribution < -0.4 is 4.74 Å². The van der Waals surface area contributed by atoms with Crippen molar-refractivity contribution in [2.24, 2.45) is 0 Å². The summed E-state index contributed by atoms with van der Waals surface area (Å²) in [6, 6.07) is 10.5. The van der Waals surface area contributed by atoms with Crippen molar-refractivity contribution in [1.29, 1.82) is 0 Å². The Balaban J connectivity index is 0.00000240. The van der Waals surface area contributed by atoms with Gasteiger partial charge in [0.15, 0.2) is 11.6 Å². The van der Waals surface area contributed by atoms with Crippen molar-refractivity contribution in [3.63, 3.8) is 0 Å². The first-order valence-corrected chi connectivity index (χ1v) is 9.72. The van der Waals surface area contributed by atoms with Gasteiger partial charge in [0.05, 0.1) is 13.7 Å². The van der Waals surface area contributed by atoms with Gasteiger partial charge in [-0.05, 0) is 55.4 Å². The van der Waals surface area contributed by atoms with Crippen LogP contribution in [0, 0.1) is 5.82 Å². The van der Waals surface area contributed by atoms with Gasteiger partial charge in [0.25, 0.3) is 0 Å². The second-order valence-corrected chi connectivity index (χ2v) is 8.22. The molecule has 0 bridgehead atoms. The smallest absolute Gasteiger partial charge is 0.165 e. The second kappa shape index (κ2) is 7.98. The molecule has 2 heterocycles. The average Bonchev–Trinajstić information content (AvgIpc) is 2.93. The van der Waals surface area contributed by atoms with Crippen molar-refractivity contribution < 1.29 is 14.2 Å². The highest BCUT2D eigenvalue weighted by atomic mass is 35.5. The Morgan fingerprint density at radius 2 is 2.00 bits per heavy atom. The number of rotatable bonds is 4. The molecule has 156 valence electrons. The van der Waals surface area contributed by atoms with Crippen LogP contribution in [0.1, 0.15) is 31.2 Å². The number of nitrogens with zero attached hydrogens (tertiary/aromatic N) is 2. The summed E-state index contributed by atoms with van der Waals surface area (Å²) in [5.74, 6) is -0.311. The van der Waals surface area contributed by atoms with E-state index < -0.39 is 11.4 Å². The van der Waals surface area contributed by atoms with Crippen molar-refractivity contribution in [1.82, 2.24) is 9.47 Å². The molecule has 3 aromatic rings. The molecule has 0 saturated carbocycles. The highest BCUT2D eigenvalue weighted by Gasteiger charge is 2.30. The fourth-order valence-corrected chi connectivity index (χ4v) is 4.31. The van der Waals surface area contributed by atoms with E-state index in [1.54, 1.807) is 19.1 Å². The van der Waals surface area contributed by atoms with Gasteiger partial charge < -0.3 is 19.3 Å². The van der Waals surface area contributed by atoms with Gasteiger partial charge in [0.1, 0.15) is 5.60 Å². The molecule has 1 aromatic heterocycles. The predicted octanol–water partition coefficient (Wildman–Crippen LogP) is 4.97. The van der Waals surface area contributed by atoms with Crippen molar-refractivity contribution in [2.45, 2.75) is 39.5 Å². The maximum absolute atomic E-state index is 14.2. The number of fused-ring (bicyclic) bond motifs is 3. The van der Waals surface area contributed by atoms with Crippen LogP contribution in [0.15, 0.2) is 36.4 Å². The van der Waals surface area contributed by atoms with Crippen LogP contribution in [0.3, 0.4) is 0 Å². The minimum Gasteiger partial charge on any atom is -0.494 e. The zero-order valence-electron chi connectivity index (χ0n) is 16.3. The molecule has 0 amide bonds. The summed E-state index contributed by atoms with van der Waals surface area (Å²) in [5.41, 5.74) is 2.78. The normalized spacial score (nSPS) is 16.2. The van der Waals surface area contributed by atoms with E-state index >= 15 is 0 Å². The number of methoxy groups -OCH3 is 1. The largest absolute Gasteiger partial charge is 0.494 e. The van der Waals surface area contributed by atoms with Gasteiger partial charge in [-0.2, -0.15) is 0 Å². The van der Waals surface area contributed by atoms with E-state index in [4.69, 9.17) is 16.3 Å². The first kappa shape index (κ1) is 21.6. The maximum atomic E-state index is 14.2. The third-order valence-electron chi connectivity index (χ3n) is 5.65. The Labute approximate surface area is 176 Å². The first-order chi connectivity index (χ1) is 13.3. The fraction of sp³-hybridized carbons (Fsp3) is 0.391. The van der Waals surface area contributed by atoms with Crippen LogP contribution in [0.4, 0.5) is 4.39 Å². The topological polar surface area (TPSA) is 37.6 Å². The molecular weight excluding hydrogens is 391 g/mol. The quantitative estimate of drug-likeness (QED) is 0.649. The van der Waals surface area contributed by atoms with Crippen molar-refractivity contribution >= 4 is 22.5 Å². The molecule has 0 aliphatic carbocycles. The van der Waals surface area contributed by atoms with Crippen LogP contribution in [0.5, 0.6) is 5.75 Å². The molecule has 29 heavy (non-hydrogen) atoms. The molecule has 1 aliphatic rings. The Morgan fingerprint density at radius 3 is 2.69 bits per heavy atom. The Kier molecular flexibility index (Phi) is 5.95. The predicted molar refractivity (Wildman–Crippen MR) is 116 cm³/mol. The highest BCUT2D eigenvalue weighted by molar-refractivity contribution is 6.31. The number of ether oxygens (including phenoxy) is 1. The SMILES string of the molecule is C.COc1ccc(C(C)(O)Cn2c3c(c4cc(Cl)ccc42)CN(C)CC3)cc1F. The number of halogens is 2. The van der Waals surface area contributed by atoms with Crippen LogP contribution in [0.25, 0.3) is 10.9 Å². The number of hydrogen-bond acceptors (Lipinski definition) is 3. The van der Waals surface area contributed by atoms with Gasteiger partial charge in [-0.1, -0.05) is 25.1 Å². The van der Waals surface area contributed by atoms with Crippen LogP contribution in [-0.4, -0.2) is 35.3 Å². The van der Waals surface area contributed by atoms with Crippen LogP contribution in [0.2, 0.25) is 5.02 Å². The minimum atomic E-state index is -1.24. The third kappa shape index (κ3) is 3.87. The van der Waals surface area contributed by atoms with Crippen molar-refractivity contribution in [3.05, 3.63) is 64.1 Å². The van der Waals surface area contributed by atoms with Gasteiger partial charge in [-0.15, -0.1) is 0 Å². The molecule has 1 atom stereocenters. The monoisotopic (exact) mass is 418 g/mol. The average molecular weight is 419 g/mol. The summed E-state index contributed by atoms with van der Waals surface area (Å²) < 4.78 is 21.4. The summed E-state index contributed by atoms with van der Waals surface area (Å²) in [7, 11) is 3.53. The lowest BCUT2D eigenvalue weighted by Gasteiger charge is -2.29. The zero-order valence-corrected chi connectivity index (χ0v) is 17.1. The molecule has 1 unspecified atom stereocenters. The summed E-state index contributed by atoms with van der Waals surface area (Å²) in [6.45, 7) is 3.85. The number of aromatic nitrogens is 1. The van der Waals surface area contributed by atoms with E-state index in [-0.39, 0.29) is 13.2 Å². The van der Waals surface area contributed by atoms with Gasteiger partial charge in [-0.3, -0.25) is 0 Å². The lowest BCUT2D eigenvalue weighted by molar-refractivity contribution is 0.0381. The highest BCUT2D eigenvalue weighted by Crippen LogP contribution is 2.35. The first-order valence-electron chi connectivity index (χ1n) is 9.34. The summed E-state index contributed by atoms with van der Waals surface area (Å²) in [5, 5.41) is 13.1. The second-order valence-electron chi connectivity index (χ2n) is 7.78. The summed E-state index contributed by atoms with van der Waals surface area (Å²) in [4.78, 5) is 2.28. The van der Waals surface area contributed by atoms with Gasteiger partial charge >= 0.3 is 0 Å². The molecule has 1 N–H and O–H groups in total. The molecule has 4 rings (SSSR count). The lowest BCUT2D eigenvalue weighted by Crippen LogP contribution is -2.31. The van der Waals surface area contributed by atoms with Crippen LogP contribution in [-0.2, 0) is 25.1 Å². The molecule has 0 saturated heterocycles. The molecular formula is C23H28ClFN2O2. The molecule has 1 aliphatic heterocycles. The van der Waals surface area contributed by atoms with Crippen molar-refractivity contribution in [2.75, 3.05) is 20.7 Å². The van der Waals surface area contributed by atoms with Gasteiger partial charge in [0, 0.05) is 41.1 Å². The van der Waals surface area contributed by atoms with Crippen molar-refractivity contribution in [3.8, 4) is 5.75 Å². The Hall–Kier alpha value is -2.08. The lowest BCUT2D eigenvalue weighted by atomic mass is 9.95. The van der Waals surface area contributed by atoms with E-state index in [0.717, 1.165) is 30.4 Å². The van der Waals surface area contributed by atoms with E-state index in [1.165, 1.54) is 24.4 Å². The summed E-state index contributed by atoms with van der Waals surface area (Å²) >= 11 is 6.26. The number of likely N-dealkylation sites (N-methyl/N-ethyl adjacent to an activating group) is 1.